The van der Waals surface area contributed by atoms with Crippen molar-refractivity contribution >= 4 is 16.9 Å². The normalized spacial score (nSPS) is 10.9. The number of aromatic nitrogens is 5. The Morgan fingerprint density at radius 3 is 2.38 bits per heavy atom. The van der Waals surface area contributed by atoms with Crippen LogP contribution in [0, 0.1) is 0 Å². The van der Waals surface area contributed by atoms with Crippen LogP contribution in [0.15, 0.2) is 94.4 Å². The first-order valence-electron chi connectivity index (χ1n) is 12.2. The van der Waals surface area contributed by atoms with Gasteiger partial charge in [0.2, 0.25) is 0 Å². The van der Waals surface area contributed by atoms with Gasteiger partial charge in [0.05, 0.1) is 11.1 Å². The van der Waals surface area contributed by atoms with Crippen molar-refractivity contribution in [2.75, 3.05) is 14.1 Å². The third-order valence-corrected chi connectivity index (χ3v) is 5.98. The van der Waals surface area contributed by atoms with Gasteiger partial charge in [-0.25, -0.2) is 9.78 Å². The maximum absolute atomic E-state index is 12.3. The summed E-state index contributed by atoms with van der Waals surface area (Å²) in [7, 11) is 3.40. The fourth-order valence-corrected chi connectivity index (χ4v) is 4.10. The number of ether oxygens (including phenoxy) is 2. The largest absolute Gasteiger partial charge is 0.457 e. The standard InChI is InChI=1S/C29H22N6O5/c1-35(2)28(36)17-10-12-18(13-11-17)38-19-15-22-25(32-27(31-22)21-8-5-6-14-30-21)24(16-19)39-23-9-4-3-7-20(23)26-33-29(37)40-34-26/h3-16H,1-2H3,(H,31,32)(H,33,34,37). The van der Waals surface area contributed by atoms with Gasteiger partial charge in [-0.05, 0) is 48.5 Å². The summed E-state index contributed by atoms with van der Waals surface area (Å²) in [5.74, 6) is 1.82. The summed E-state index contributed by atoms with van der Waals surface area (Å²) in [5, 5.41) is 3.79. The summed E-state index contributed by atoms with van der Waals surface area (Å²) in [4.78, 5) is 40.3. The van der Waals surface area contributed by atoms with Crippen molar-refractivity contribution in [1.29, 1.82) is 0 Å². The molecule has 11 nitrogen and oxygen atoms in total. The van der Waals surface area contributed by atoms with E-state index in [4.69, 9.17) is 14.5 Å². The van der Waals surface area contributed by atoms with E-state index in [1.807, 2.05) is 24.3 Å². The molecule has 0 saturated heterocycles. The number of amides is 1. The van der Waals surface area contributed by atoms with Crippen molar-refractivity contribution in [1.82, 2.24) is 30.0 Å². The quantitative estimate of drug-likeness (QED) is 0.283. The number of hydrogen-bond acceptors (Lipinski definition) is 8. The molecule has 6 aromatic rings. The highest BCUT2D eigenvalue weighted by Gasteiger charge is 2.18. The highest BCUT2D eigenvalue weighted by molar-refractivity contribution is 5.94. The number of aromatic amines is 2. The number of nitrogens with one attached hydrogen (secondary N) is 2. The van der Waals surface area contributed by atoms with Gasteiger partial charge in [-0.1, -0.05) is 23.4 Å². The fourth-order valence-electron chi connectivity index (χ4n) is 4.10. The SMILES string of the molecule is CN(C)C(=O)c1ccc(Oc2cc(Oc3ccccc3-c3noc(=O)[nH]3)c3nc(-c4ccccn4)[nH]c3c2)cc1. The van der Waals surface area contributed by atoms with Gasteiger partial charge in [0, 0.05) is 38.0 Å². The maximum atomic E-state index is 12.3. The van der Waals surface area contributed by atoms with Crippen molar-refractivity contribution in [3.05, 3.63) is 101 Å². The average molecular weight is 535 g/mol. The molecule has 0 spiro atoms. The van der Waals surface area contributed by atoms with E-state index in [1.165, 1.54) is 4.90 Å². The Bertz CT molecular complexity index is 1870. The van der Waals surface area contributed by atoms with Crippen molar-refractivity contribution in [2.24, 2.45) is 0 Å². The monoisotopic (exact) mass is 534 g/mol. The van der Waals surface area contributed by atoms with E-state index in [0.29, 0.717) is 56.7 Å². The fraction of sp³-hybridized carbons (Fsp3) is 0.0690. The second-order valence-electron chi connectivity index (χ2n) is 8.99. The maximum Gasteiger partial charge on any atom is 0.439 e. The van der Waals surface area contributed by atoms with E-state index in [0.717, 1.165) is 0 Å². The van der Waals surface area contributed by atoms with Gasteiger partial charge in [-0.3, -0.25) is 19.3 Å². The summed E-state index contributed by atoms with van der Waals surface area (Å²) >= 11 is 0. The van der Waals surface area contributed by atoms with Crippen LogP contribution in [0.25, 0.3) is 33.9 Å². The number of fused-ring (bicyclic) bond motifs is 1. The van der Waals surface area contributed by atoms with E-state index < -0.39 is 5.76 Å². The molecule has 0 atom stereocenters. The van der Waals surface area contributed by atoms with Crippen LogP contribution in [0.4, 0.5) is 0 Å². The van der Waals surface area contributed by atoms with E-state index in [1.54, 1.807) is 74.9 Å². The number of carbonyl (C=O) groups excluding carboxylic acids is 1. The lowest BCUT2D eigenvalue weighted by Gasteiger charge is -2.13. The molecule has 3 aromatic heterocycles. The lowest BCUT2D eigenvalue weighted by molar-refractivity contribution is 0.0827. The van der Waals surface area contributed by atoms with Crippen LogP contribution < -0.4 is 15.2 Å². The zero-order valence-corrected chi connectivity index (χ0v) is 21.4. The van der Waals surface area contributed by atoms with Gasteiger partial charge in [0.1, 0.15) is 28.5 Å². The van der Waals surface area contributed by atoms with Gasteiger partial charge in [-0.2, -0.15) is 0 Å². The topological polar surface area (TPSA) is 139 Å². The van der Waals surface area contributed by atoms with Gasteiger partial charge in [0.25, 0.3) is 5.91 Å². The molecular weight excluding hydrogens is 512 g/mol. The third-order valence-electron chi connectivity index (χ3n) is 5.98. The number of benzene rings is 3. The van der Waals surface area contributed by atoms with Gasteiger partial charge >= 0.3 is 5.76 Å². The van der Waals surface area contributed by atoms with Crippen molar-refractivity contribution in [3.8, 4) is 45.9 Å². The zero-order chi connectivity index (χ0) is 27.6. The summed E-state index contributed by atoms with van der Waals surface area (Å²) in [5.41, 5.74) is 2.93. The molecule has 0 fully saturated rings. The molecule has 1 amide bonds. The van der Waals surface area contributed by atoms with Gasteiger partial charge < -0.3 is 19.4 Å². The predicted octanol–water partition coefficient (Wildman–Crippen LogP) is 5.25. The highest BCUT2D eigenvalue weighted by Crippen LogP contribution is 2.38. The van der Waals surface area contributed by atoms with Crippen LogP contribution in [-0.4, -0.2) is 50.0 Å². The molecule has 3 heterocycles. The lowest BCUT2D eigenvalue weighted by atomic mass is 10.2. The smallest absolute Gasteiger partial charge is 0.439 e. The number of imidazole rings is 1. The summed E-state index contributed by atoms with van der Waals surface area (Å²) < 4.78 is 17.2. The van der Waals surface area contributed by atoms with Gasteiger partial charge in [-0.15, -0.1) is 0 Å². The molecule has 198 valence electrons. The van der Waals surface area contributed by atoms with Crippen LogP contribution in [0.5, 0.6) is 23.0 Å². The predicted molar refractivity (Wildman–Crippen MR) is 146 cm³/mol. The van der Waals surface area contributed by atoms with Crippen LogP contribution in [0.1, 0.15) is 10.4 Å². The van der Waals surface area contributed by atoms with Crippen molar-refractivity contribution in [2.45, 2.75) is 0 Å². The minimum absolute atomic E-state index is 0.102. The van der Waals surface area contributed by atoms with Crippen molar-refractivity contribution in [3.63, 3.8) is 0 Å². The van der Waals surface area contributed by atoms with Crippen LogP contribution in [-0.2, 0) is 0 Å². The van der Waals surface area contributed by atoms with Crippen LogP contribution >= 0.6 is 0 Å². The summed E-state index contributed by atoms with van der Waals surface area (Å²) in [6.45, 7) is 0. The summed E-state index contributed by atoms with van der Waals surface area (Å²) in [6, 6.07) is 23.0. The van der Waals surface area contributed by atoms with Crippen molar-refractivity contribution < 1.29 is 18.8 Å². The number of rotatable bonds is 7. The second-order valence-corrected chi connectivity index (χ2v) is 8.99. The average Bonchev–Trinajstić information content (AvgIpc) is 3.60. The molecule has 0 radical (unpaired) electrons. The van der Waals surface area contributed by atoms with Crippen LogP contribution in [0.2, 0.25) is 0 Å². The lowest BCUT2D eigenvalue weighted by Crippen LogP contribution is -2.21. The zero-order valence-electron chi connectivity index (χ0n) is 21.4. The molecule has 2 N–H and O–H groups in total. The van der Waals surface area contributed by atoms with E-state index in [9.17, 15) is 9.59 Å². The Hall–Kier alpha value is -5.71. The molecule has 0 saturated carbocycles. The minimum atomic E-state index is -0.673. The number of carbonyl (C=O) groups is 1. The third kappa shape index (κ3) is 4.90. The summed E-state index contributed by atoms with van der Waals surface area (Å²) in [6.07, 6.45) is 1.69. The molecule has 3 aromatic carbocycles. The molecule has 0 unspecified atom stereocenters. The van der Waals surface area contributed by atoms with E-state index in [-0.39, 0.29) is 11.7 Å². The highest BCUT2D eigenvalue weighted by atomic mass is 16.5. The molecule has 11 heteroatoms. The first-order chi connectivity index (χ1) is 19.4. The number of H-pyrrole nitrogens is 2. The molecule has 40 heavy (non-hydrogen) atoms. The Kier molecular flexibility index (Phi) is 6.29. The number of hydrogen-bond donors (Lipinski definition) is 2. The van der Waals surface area contributed by atoms with Gasteiger partial charge in [0.15, 0.2) is 17.4 Å². The Morgan fingerprint density at radius 1 is 0.850 bits per heavy atom. The second kappa shape index (κ2) is 10.2. The number of nitrogens with zero attached hydrogens (tertiary/aromatic N) is 4. The molecule has 0 bridgehead atoms. The van der Waals surface area contributed by atoms with E-state index >= 15 is 0 Å². The Morgan fingerprint density at radius 2 is 1.65 bits per heavy atom. The number of pyridine rings is 1. The van der Waals surface area contributed by atoms with Crippen LogP contribution in [0.3, 0.4) is 0 Å². The first-order valence-corrected chi connectivity index (χ1v) is 12.2. The Balaban J connectivity index is 1.41. The molecular formula is C29H22N6O5. The van der Waals surface area contributed by atoms with E-state index in [2.05, 4.69) is 24.6 Å². The minimum Gasteiger partial charge on any atom is -0.457 e. The molecule has 6 rings (SSSR count). The molecule has 0 aliphatic heterocycles. The molecule has 0 aliphatic rings. The number of para-hydroxylation sites is 1. The first kappa shape index (κ1) is 24.6. The Labute approximate surface area is 227 Å². The molecule has 0 aliphatic carbocycles.